The Balaban J connectivity index is 2.35. The van der Waals surface area contributed by atoms with E-state index in [0.717, 1.165) is 4.47 Å². The van der Waals surface area contributed by atoms with Crippen molar-refractivity contribution in [3.63, 3.8) is 0 Å². The zero-order chi connectivity index (χ0) is 9.26. The Morgan fingerprint density at radius 2 is 2.46 bits per heavy atom. The van der Waals surface area contributed by atoms with E-state index in [9.17, 15) is 0 Å². The molecule has 68 valence electrons. The topological polar surface area (TPSA) is 69.9 Å². The maximum absolute atomic E-state index is 5.39. The maximum atomic E-state index is 5.39. The van der Waals surface area contributed by atoms with Crippen LogP contribution in [0.1, 0.15) is 5.69 Å². The lowest BCUT2D eigenvalue weighted by Crippen LogP contribution is -1.98. The van der Waals surface area contributed by atoms with Gasteiger partial charge in [-0.1, -0.05) is 0 Å². The van der Waals surface area contributed by atoms with E-state index in [1.807, 2.05) is 0 Å². The second kappa shape index (κ2) is 3.31. The van der Waals surface area contributed by atoms with Crippen LogP contribution in [0.2, 0.25) is 0 Å². The van der Waals surface area contributed by atoms with Gasteiger partial charge in [-0.2, -0.15) is 14.8 Å². The molecule has 0 fully saturated rings. The predicted octanol–water partition coefficient (Wildman–Crippen LogP) is 1.08. The van der Waals surface area contributed by atoms with Crippen molar-refractivity contribution in [2.24, 2.45) is 5.73 Å². The van der Waals surface area contributed by atoms with E-state index in [1.165, 1.54) is 10.9 Å². The average Bonchev–Trinajstić information content (AvgIpc) is 2.71. The molecular weight excluding hydrogens is 236 g/mol. The third-order valence-electron chi connectivity index (χ3n) is 1.50. The Kier molecular flexibility index (Phi) is 2.15. The largest absolute Gasteiger partial charge is 0.430 e. The van der Waals surface area contributed by atoms with E-state index >= 15 is 0 Å². The Labute approximate surface area is 82.7 Å². The molecule has 0 aromatic carbocycles. The molecule has 13 heavy (non-hydrogen) atoms. The predicted molar refractivity (Wildman–Crippen MR) is 49.2 cm³/mol. The summed E-state index contributed by atoms with van der Waals surface area (Å²) in [7, 11) is 0. The zero-order valence-corrected chi connectivity index (χ0v) is 8.23. The fourth-order valence-electron chi connectivity index (χ4n) is 0.901. The molecule has 2 heterocycles. The summed E-state index contributed by atoms with van der Waals surface area (Å²) in [6.07, 6.45) is 4.93. The first-order valence-electron chi connectivity index (χ1n) is 3.64. The molecule has 0 atom stereocenters. The molecule has 6 heteroatoms. The van der Waals surface area contributed by atoms with E-state index in [1.54, 1.807) is 12.4 Å². The molecule has 0 amide bonds. The highest BCUT2D eigenvalue weighted by Gasteiger charge is 2.05. The number of halogens is 1. The molecular formula is C7H7BrN4O. The van der Waals surface area contributed by atoms with Crippen LogP contribution in [-0.4, -0.2) is 14.8 Å². The van der Waals surface area contributed by atoms with E-state index < -0.39 is 0 Å². The molecule has 2 aromatic rings. The Hall–Kier alpha value is -1.14. The van der Waals surface area contributed by atoms with Crippen molar-refractivity contribution in [1.29, 1.82) is 0 Å². The summed E-state index contributed by atoms with van der Waals surface area (Å²) in [6, 6.07) is 0.422. The van der Waals surface area contributed by atoms with Crippen LogP contribution in [0.3, 0.4) is 0 Å². The van der Waals surface area contributed by atoms with Gasteiger partial charge in [-0.15, -0.1) is 0 Å². The first kappa shape index (κ1) is 8.46. The smallest absolute Gasteiger partial charge is 0.322 e. The minimum atomic E-state index is 0.367. The molecule has 2 rings (SSSR count). The van der Waals surface area contributed by atoms with Gasteiger partial charge in [0.2, 0.25) is 0 Å². The molecule has 0 aliphatic carbocycles. The van der Waals surface area contributed by atoms with Crippen molar-refractivity contribution < 1.29 is 4.42 Å². The van der Waals surface area contributed by atoms with Gasteiger partial charge in [0.1, 0.15) is 6.26 Å². The van der Waals surface area contributed by atoms with E-state index in [4.69, 9.17) is 10.2 Å². The number of aromatic nitrogens is 3. The summed E-state index contributed by atoms with van der Waals surface area (Å²) in [5.74, 6) is 0. The van der Waals surface area contributed by atoms with Crippen molar-refractivity contribution in [3.05, 3.63) is 28.8 Å². The number of rotatable bonds is 2. The maximum Gasteiger partial charge on any atom is 0.322 e. The normalized spacial score (nSPS) is 10.6. The van der Waals surface area contributed by atoms with Crippen LogP contribution in [0.25, 0.3) is 6.01 Å². The summed E-state index contributed by atoms with van der Waals surface area (Å²) >= 11 is 3.28. The zero-order valence-electron chi connectivity index (χ0n) is 6.64. The Morgan fingerprint density at radius 1 is 1.62 bits per heavy atom. The summed E-state index contributed by atoms with van der Waals surface area (Å²) in [5.41, 5.74) is 6.09. The van der Waals surface area contributed by atoms with Crippen LogP contribution in [0, 0.1) is 0 Å². The summed E-state index contributed by atoms with van der Waals surface area (Å²) in [5, 5.41) is 4.01. The van der Waals surface area contributed by atoms with Crippen LogP contribution < -0.4 is 5.73 Å². The van der Waals surface area contributed by atoms with Crippen LogP contribution >= 0.6 is 15.9 Å². The van der Waals surface area contributed by atoms with Gasteiger partial charge in [-0.3, -0.25) is 0 Å². The number of oxazole rings is 1. The average molecular weight is 243 g/mol. The third kappa shape index (κ3) is 1.63. The van der Waals surface area contributed by atoms with Gasteiger partial charge >= 0.3 is 6.01 Å². The molecule has 0 bridgehead atoms. The fraction of sp³-hybridized carbons (Fsp3) is 0.143. The quantitative estimate of drug-likeness (QED) is 0.856. The third-order valence-corrected chi connectivity index (χ3v) is 1.91. The second-order valence-corrected chi connectivity index (χ2v) is 3.34. The first-order valence-corrected chi connectivity index (χ1v) is 4.44. The van der Waals surface area contributed by atoms with Crippen LogP contribution in [0.5, 0.6) is 0 Å². The van der Waals surface area contributed by atoms with Gasteiger partial charge in [-0.25, -0.2) is 0 Å². The van der Waals surface area contributed by atoms with Gasteiger partial charge in [0.15, 0.2) is 0 Å². The number of hydrogen-bond donors (Lipinski definition) is 1. The van der Waals surface area contributed by atoms with Gasteiger partial charge in [0.05, 0.1) is 16.4 Å². The lowest BCUT2D eigenvalue weighted by molar-refractivity contribution is 0.509. The lowest BCUT2D eigenvalue weighted by atomic mass is 10.5. The van der Waals surface area contributed by atoms with E-state index in [2.05, 4.69) is 26.0 Å². The summed E-state index contributed by atoms with van der Waals surface area (Å²) < 4.78 is 7.55. The molecule has 0 unspecified atom stereocenters. The van der Waals surface area contributed by atoms with Crippen molar-refractivity contribution in [1.82, 2.24) is 14.8 Å². The molecule has 2 aromatic heterocycles. The Morgan fingerprint density at radius 3 is 3.00 bits per heavy atom. The van der Waals surface area contributed by atoms with Crippen molar-refractivity contribution in [3.8, 4) is 6.01 Å². The second-order valence-electron chi connectivity index (χ2n) is 2.43. The van der Waals surface area contributed by atoms with Crippen molar-refractivity contribution >= 4 is 15.9 Å². The lowest BCUT2D eigenvalue weighted by Gasteiger charge is -1.89. The minimum absolute atomic E-state index is 0.367. The van der Waals surface area contributed by atoms with Gasteiger partial charge < -0.3 is 10.2 Å². The highest BCUT2D eigenvalue weighted by atomic mass is 79.9. The van der Waals surface area contributed by atoms with Crippen molar-refractivity contribution in [2.75, 3.05) is 0 Å². The van der Waals surface area contributed by atoms with Gasteiger partial charge in [0, 0.05) is 12.7 Å². The van der Waals surface area contributed by atoms with E-state index in [-0.39, 0.29) is 0 Å². The van der Waals surface area contributed by atoms with Gasteiger partial charge in [-0.05, 0) is 15.9 Å². The van der Waals surface area contributed by atoms with E-state index in [0.29, 0.717) is 18.3 Å². The Bertz CT molecular complexity index is 408. The number of nitrogens with two attached hydrogens (primary N) is 1. The minimum Gasteiger partial charge on any atom is -0.430 e. The molecule has 0 saturated heterocycles. The summed E-state index contributed by atoms with van der Waals surface area (Å²) in [4.78, 5) is 4.10. The van der Waals surface area contributed by atoms with Crippen LogP contribution in [0.15, 0.2) is 27.5 Å². The van der Waals surface area contributed by atoms with Crippen LogP contribution in [-0.2, 0) is 6.54 Å². The number of nitrogens with zero attached hydrogens (tertiary/aromatic N) is 3. The molecule has 0 aliphatic heterocycles. The standard InChI is InChI=1S/C7H7BrN4O/c8-5-2-10-12(3-5)7-11-6(1-9)4-13-7/h2-4H,1,9H2. The molecule has 0 spiro atoms. The van der Waals surface area contributed by atoms with Crippen LogP contribution in [0.4, 0.5) is 0 Å². The summed E-state index contributed by atoms with van der Waals surface area (Å²) in [6.45, 7) is 0.367. The molecule has 0 aliphatic rings. The van der Waals surface area contributed by atoms with Gasteiger partial charge in [0.25, 0.3) is 0 Å². The fourth-order valence-corrected chi connectivity index (χ4v) is 1.19. The number of hydrogen-bond acceptors (Lipinski definition) is 4. The van der Waals surface area contributed by atoms with Crippen molar-refractivity contribution in [2.45, 2.75) is 6.54 Å². The first-order chi connectivity index (χ1) is 6.29. The highest BCUT2D eigenvalue weighted by molar-refractivity contribution is 9.10. The SMILES string of the molecule is NCc1coc(-n2cc(Br)cn2)n1. The molecule has 5 nitrogen and oxygen atoms in total. The highest BCUT2D eigenvalue weighted by Crippen LogP contribution is 2.11. The monoisotopic (exact) mass is 242 g/mol. The molecule has 2 N–H and O–H groups in total. The molecule has 0 radical (unpaired) electrons. The molecule has 0 saturated carbocycles.